The molecule has 1 amide bonds. The largest absolute Gasteiger partial charge is 0.399 e. The molecule has 88 valence electrons. The van der Waals surface area contributed by atoms with E-state index in [2.05, 4.69) is 4.72 Å². The lowest BCUT2D eigenvalue weighted by atomic mass is 10.3. The number of hydrogen-bond acceptors (Lipinski definition) is 4. The third kappa shape index (κ3) is 3.52. The molecule has 0 saturated carbocycles. The van der Waals surface area contributed by atoms with Crippen LogP contribution in [0.2, 0.25) is 0 Å². The van der Waals surface area contributed by atoms with E-state index in [1.54, 1.807) is 0 Å². The molecule has 1 aromatic rings. The third-order valence-electron chi connectivity index (χ3n) is 1.85. The van der Waals surface area contributed by atoms with Crippen molar-refractivity contribution in [3.05, 3.63) is 24.3 Å². The van der Waals surface area contributed by atoms with Gasteiger partial charge in [0.25, 0.3) is 0 Å². The molecule has 0 heterocycles. The summed E-state index contributed by atoms with van der Waals surface area (Å²) in [6, 6.07) is 5.76. The fraction of sp³-hybridized carbons (Fsp3) is 0.222. The maximum absolute atomic E-state index is 11.6. The first-order chi connectivity index (χ1) is 7.42. The van der Waals surface area contributed by atoms with Crippen LogP contribution in [0.15, 0.2) is 29.2 Å². The molecule has 0 spiro atoms. The van der Waals surface area contributed by atoms with Crippen molar-refractivity contribution in [1.29, 1.82) is 0 Å². The molecule has 0 unspecified atom stereocenters. The summed E-state index contributed by atoms with van der Waals surface area (Å²) in [7, 11) is -3.59. The van der Waals surface area contributed by atoms with Crippen molar-refractivity contribution >= 4 is 21.6 Å². The molecule has 7 heteroatoms. The summed E-state index contributed by atoms with van der Waals surface area (Å²) in [6.07, 6.45) is -0.0335. The summed E-state index contributed by atoms with van der Waals surface area (Å²) in [4.78, 5) is 10.5. The summed E-state index contributed by atoms with van der Waals surface area (Å²) in [5.41, 5.74) is 10.8. The average molecular weight is 243 g/mol. The number of carbonyl (C=O) groups is 1. The SMILES string of the molecule is NC(=O)CCNS(=O)(=O)c1ccc(N)cc1. The summed E-state index contributed by atoms with van der Waals surface area (Å²) in [5, 5.41) is 0. The Labute approximate surface area is 93.7 Å². The number of nitrogens with two attached hydrogens (primary N) is 2. The predicted octanol–water partition coefficient (Wildman–Crippen LogP) is -0.577. The highest BCUT2D eigenvalue weighted by molar-refractivity contribution is 7.89. The molecule has 0 radical (unpaired) electrons. The van der Waals surface area contributed by atoms with Gasteiger partial charge in [-0.05, 0) is 24.3 Å². The van der Waals surface area contributed by atoms with E-state index in [0.717, 1.165) is 0 Å². The minimum absolute atomic E-state index is 0.0119. The smallest absolute Gasteiger partial charge is 0.240 e. The Bertz CT molecular complexity index is 467. The predicted molar refractivity (Wildman–Crippen MR) is 59.9 cm³/mol. The second-order valence-electron chi connectivity index (χ2n) is 3.18. The molecule has 0 saturated heterocycles. The average Bonchev–Trinajstić information content (AvgIpc) is 2.17. The van der Waals surface area contributed by atoms with Gasteiger partial charge in [-0.1, -0.05) is 0 Å². The van der Waals surface area contributed by atoms with Crippen molar-refractivity contribution in [2.75, 3.05) is 12.3 Å². The van der Waals surface area contributed by atoms with E-state index in [-0.39, 0.29) is 17.9 Å². The highest BCUT2D eigenvalue weighted by Crippen LogP contribution is 2.10. The van der Waals surface area contributed by atoms with Crippen LogP contribution in [0.3, 0.4) is 0 Å². The maximum Gasteiger partial charge on any atom is 0.240 e. The Hall–Kier alpha value is -1.60. The van der Waals surface area contributed by atoms with Crippen molar-refractivity contribution in [2.24, 2.45) is 5.73 Å². The molecule has 0 aromatic heterocycles. The number of anilines is 1. The summed E-state index contributed by atoms with van der Waals surface area (Å²) in [6.45, 7) is -0.0119. The second kappa shape index (κ2) is 4.95. The minimum Gasteiger partial charge on any atom is -0.399 e. The van der Waals surface area contributed by atoms with Crippen LogP contribution >= 0.6 is 0 Å². The van der Waals surface area contributed by atoms with Crippen molar-refractivity contribution in [3.8, 4) is 0 Å². The van der Waals surface area contributed by atoms with Crippen molar-refractivity contribution < 1.29 is 13.2 Å². The topological polar surface area (TPSA) is 115 Å². The second-order valence-corrected chi connectivity index (χ2v) is 4.95. The van der Waals surface area contributed by atoms with E-state index in [9.17, 15) is 13.2 Å². The zero-order valence-electron chi connectivity index (χ0n) is 8.51. The molecule has 6 nitrogen and oxygen atoms in total. The van der Waals surface area contributed by atoms with E-state index in [1.807, 2.05) is 0 Å². The summed E-state index contributed by atoms with van der Waals surface area (Å²) in [5.74, 6) is -0.556. The maximum atomic E-state index is 11.6. The van der Waals surface area contributed by atoms with Gasteiger partial charge in [0.1, 0.15) is 0 Å². The van der Waals surface area contributed by atoms with Crippen molar-refractivity contribution in [1.82, 2.24) is 4.72 Å². The van der Waals surface area contributed by atoms with Gasteiger partial charge in [0, 0.05) is 18.7 Å². The lowest BCUT2D eigenvalue weighted by molar-refractivity contribution is -0.117. The quantitative estimate of drug-likeness (QED) is 0.600. The molecule has 16 heavy (non-hydrogen) atoms. The zero-order chi connectivity index (χ0) is 12.2. The van der Waals surface area contributed by atoms with Crippen LogP contribution in [-0.2, 0) is 14.8 Å². The Kier molecular flexibility index (Phi) is 3.86. The molecule has 0 aliphatic carbocycles. The molecule has 1 aromatic carbocycles. The van der Waals surface area contributed by atoms with Crippen LogP contribution in [0.5, 0.6) is 0 Å². The molecular formula is C9H13N3O3S. The van der Waals surface area contributed by atoms with Gasteiger partial charge >= 0.3 is 0 Å². The molecule has 0 bridgehead atoms. The van der Waals surface area contributed by atoms with Crippen LogP contribution in [0.1, 0.15) is 6.42 Å². The number of nitrogen functional groups attached to an aromatic ring is 1. The van der Waals surface area contributed by atoms with Gasteiger partial charge in [-0.3, -0.25) is 4.79 Å². The summed E-state index contributed by atoms with van der Waals surface area (Å²) < 4.78 is 25.5. The number of amides is 1. The van der Waals surface area contributed by atoms with Gasteiger partial charge in [0.2, 0.25) is 15.9 Å². The molecule has 1 rings (SSSR count). The van der Waals surface area contributed by atoms with Crippen LogP contribution in [0.25, 0.3) is 0 Å². The van der Waals surface area contributed by atoms with Crippen molar-refractivity contribution in [2.45, 2.75) is 11.3 Å². The van der Waals surface area contributed by atoms with Gasteiger partial charge in [-0.2, -0.15) is 0 Å². The zero-order valence-corrected chi connectivity index (χ0v) is 9.33. The fourth-order valence-electron chi connectivity index (χ4n) is 1.04. The Morgan fingerprint density at radius 1 is 1.25 bits per heavy atom. The van der Waals surface area contributed by atoms with Crippen LogP contribution in [0.4, 0.5) is 5.69 Å². The van der Waals surface area contributed by atoms with Gasteiger partial charge in [-0.15, -0.1) is 0 Å². The molecule has 0 aliphatic rings. The van der Waals surface area contributed by atoms with Gasteiger partial charge in [0.15, 0.2) is 0 Å². The van der Waals surface area contributed by atoms with E-state index in [1.165, 1.54) is 24.3 Å². The van der Waals surface area contributed by atoms with E-state index < -0.39 is 15.9 Å². The van der Waals surface area contributed by atoms with E-state index in [0.29, 0.717) is 5.69 Å². The number of benzene rings is 1. The lowest BCUT2D eigenvalue weighted by Crippen LogP contribution is -2.28. The van der Waals surface area contributed by atoms with Crippen LogP contribution in [0, 0.1) is 0 Å². The van der Waals surface area contributed by atoms with Crippen LogP contribution < -0.4 is 16.2 Å². The van der Waals surface area contributed by atoms with Crippen LogP contribution in [-0.4, -0.2) is 20.9 Å². The number of rotatable bonds is 5. The third-order valence-corrected chi connectivity index (χ3v) is 3.33. The number of primary amides is 1. The first-order valence-corrected chi connectivity index (χ1v) is 6.03. The Morgan fingerprint density at radius 2 is 1.81 bits per heavy atom. The standard InChI is InChI=1S/C9H13N3O3S/c10-7-1-3-8(4-2-7)16(14,15)12-6-5-9(11)13/h1-4,12H,5-6,10H2,(H2,11,13). The normalized spacial score (nSPS) is 11.2. The van der Waals surface area contributed by atoms with Gasteiger partial charge in [-0.25, -0.2) is 13.1 Å². The molecule has 0 atom stereocenters. The summed E-state index contributed by atoms with van der Waals surface area (Å²) >= 11 is 0. The van der Waals surface area contributed by atoms with Gasteiger partial charge < -0.3 is 11.5 Å². The molecular weight excluding hydrogens is 230 g/mol. The Morgan fingerprint density at radius 3 is 2.31 bits per heavy atom. The molecule has 5 N–H and O–H groups in total. The number of sulfonamides is 1. The van der Waals surface area contributed by atoms with Gasteiger partial charge in [0.05, 0.1) is 4.90 Å². The minimum atomic E-state index is -3.59. The first-order valence-electron chi connectivity index (χ1n) is 4.55. The number of nitrogens with one attached hydrogen (secondary N) is 1. The van der Waals surface area contributed by atoms with Crippen molar-refractivity contribution in [3.63, 3.8) is 0 Å². The number of carbonyl (C=O) groups excluding carboxylic acids is 1. The monoisotopic (exact) mass is 243 g/mol. The first kappa shape index (κ1) is 12.5. The molecule has 0 fully saturated rings. The number of hydrogen-bond donors (Lipinski definition) is 3. The fourth-order valence-corrected chi connectivity index (χ4v) is 2.07. The highest BCUT2D eigenvalue weighted by atomic mass is 32.2. The lowest BCUT2D eigenvalue weighted by Gasteiger charge is -2.05. The molecule has 0 aliphatic heterocycles. The Balaban J connectivity index is 2.71. The van der Waals surface area contributed by atoms with E-state index in [4.69, 9.17) is 11.5 Å². The highest BCUT2D eigenvalue weighted by Gasteiger charge is 2.12. The van der Waals surface area contributed by atoms with E-state index >= 15 is 0 Å².